The summed E-state index contributed by atoms with van der Waals surface area (Å²) in [7, 11) is 0. The number of rotatable bonds is 0. The van der Waals surface area contributed by atoms with Crippen molar-refractivity contribution in [3.05, 3.63) is 23.8 Å². The summed E-state index contributed by atoms with van der Waals surface area (Å²) in [5, 5.41) is 0. The fourth-order valence-electron chi connectivity index (χ4n) is 1.04. The molecule has 0 aliphatic heterocycles. The molecule has 1 aliphatic carbocycles. The Morgan fingerprint density at radius 2 is 2.00 bits per heavy atom. The molecule has 0 fully saturated rings. The fraction of sp³-hybridized carbons (Fsp3) is 0.600. The summed E-state index contributed by atoms with van der Waals surface area (Å²) in [5.74, 6) is 0.764. The summed E-state index contributed by atoms with van der Waals surface area (Å²) in [6.07, 6.45) is 7.94. The monoisotopic (exact) mass is 138 g/mol. The highest BCUT2D eigenvalue weighted by atomic mass is 14.0. The van der Waals surface area contributed by atoms with Crippen LogP contribution in [0.3, 0.4) is 0 Å². The Morgan fingerprint density at radius 1 is 1.40 bits per heavy atom. The number of allylic oxidation sites excluding steroid dienone is 4. The van der Waals surface area contributed by atoms with Crippen LogP contribution in [0, 0.1) is 5.92 Å². The predicted octanol–water partition coefficient (Wildman–Crippen LogP) is 3.55. The van der Waals surface area contributed by atoms with Crippen LogP contribution in [-0.2, 0) is 0 Å². The van der Waals surface area contributed by atoms with Crippen molar-refractivity contribution in [1.82, 2.24) is 0 Å². The first kappa shape index (κ1) is 9.48. The van der Waals surface area contributed by atoms with E-state index in [9.17, 15) is 0 Å². The van der Waals surface area contributed by atoms with Gasteiger partial charge < -0.3 is 0 Å². The second kappa shape index (κ2) is 5.28. The highest BCUT2D eigenvalue weighted by molar-refractivity contribution is 5.20. The van der Waals surface area contributed by atoms with E-state index in [-0.39, 0.29) is 0 Å². The van der Waals surface area contributed by atoms with E-state index in [1.54, 1.807) is 0 Å². The molecule has 1 aliphatic rings. The zero-order valence-corrected chi connectivity index (χ0v) is 7.52. The minimum Gasteiger partial charge on any atom is -0.0837 e. The molecule has 1 rings (SSSR count). The molecule has 0 aromatic rings. The highest BCUT2D eigenvalue weighted by Crippen LogP contribution is 2.14. The van der Waals surface area contributed by atoms with Gasteiger partial charge in [-0.1, -0.05) is 44.6 Å². The minimum atomic E-state index is 0.764. The highest BCUT2D eigenvalue weighted by Gasteiger charge is 1.98. The molecule has 0 bridgehead atoms. The van der Waals surface area contributed by atoms with Crippen LogP contribution in [0.5, 0.6) is 0 Å². The molecule has 1 unspecified atom stereocenters. The van der Waals surface area contributed by atoms with Crippen molar-refractivity contribution in [2.75, 3.05) is 0 Å². The molecule has 0 heterocycles. The van der Waals surface area contributed by atoms with Gasteiger partial charge in [-0.15, -0.1) is 0 Å². The lowest BCUT2D eigenvalue weighted by molar-refractivity contribution is 0.729. The molecule has 10 heavy (non-hydrogen) atoms. The average Bonchev–Trinajstić information content (AvgIpc) is 1.91. The van der Waals surface area contributed by atoms with E-state index in [4.69, 9.17) is 0 Å². The Hall–Kier alpha value is -0.520. The van der Waals surface area contributed by atoms with Crippen LogP contribution in [-0.4, -0.2) is 0 Å². The molecule has 0 saturated heterocycles. The van der Waals surface area contributed by atoms with Gasteiger partial charge in [0.1, 0.15) is 0 Å². The van der Waals surface area contributed by atoms with E-state index < -0.39 is 0 Å². The van der Waals surface area contributed by atoms with Gasteiger partial charge in [0.05, 0.1) is 0 Å². The number of hydrogen-bond donors (Lipinski definition) is 0. The van der Waals surface area contributed by atoms with Gasteiger partial charge in [-0.2, -0.15) is 0 Å². The predicted molar refractivity (Wildman–Crippen MR) is 48.0 cm³/mol. The molecule has 0 N–H and O–H groups in total. The van der Waals surface area contributed by atoms with Crippen LogP contribution in [0.25, 0.3) is 0 Å². The third kappa shape index (κ3) is 3.49. The lowest BCUT2D eigenvalue weighted by atomic mass is 9.99. The molecule has 0 nitrogen and oxygen atoms in total. The molecule has 0 saturated carbocycles. The molecular formula is C10H18. The van der Waals surface area contributed by atoms with Gasteiger partial charge in [0.15, 0.2) is 0 Å². The van der Waals surface area contributed by atoms with Crippen molar-refractivity contribution in [2.45, 2.75) is 34.1 Å². The minimum absolute atomic E-state index is 0.764. The number of hydrogen-bond acceptors (Lipinski definition) is 0. The van der Waals surface area contributed by atoms with Crippen molar-refractivity contribution < 1.29 is 0 Å². The van der Waals surface area contributed by atoms with Crippen molar-refractivity contribution in [3.63, 3.8) is 0 Å². The second-order valence-corrected chi connectivity index (χ2v) is 2.53. The van der Waals surface area contributed by atoms with E-state index in [1.165, 1.54) is 12.0 Å². The van der Waals surface area contributed by atoms with E-state index in [0.717, 1.165) is 5.92 Å². The van der Waals surface area contributed by atoms with Gasteiger partial charge in [0.25, 0.3) is 0 Å². The molecule has 58 valence electrons. The van der Waals surface area contributed by atoms with Crippen LogP contribution in [0.4, 0.5) is 0 Å². The normalized spacial score (nSPS) is 22.8. The van der Waals surface area contributed by atoms with Crippen molar-refractivity contribution in [3.8, 4) is 0 Å². The standard InChI is InChI=1S/C8H12.C2H6/c1-7-4-3-5-8(2)6-7;1-2/h3-4,6,8H,5H2,1-2H3;1-2H3. The Balaban J connectivity index is 0.000000371. The maximum Gasteiger partial charge on any atom is -0.0222 e. The Labute approximate surface area is 64.6 Å². The Bertz CT molecular complexity index is 129. The van der Waals surface area contributed by atoms with Gasteiger partial charge in [-0.3, -0.25) is 0 Å². The largest absolute Gasteiger partial charge is 0.0837 e. The van der Waals surface area contributed by atoms with E-state index in [0.29, 0.717) is 0 Å². The fourth-order valence-corrected chi connectivity index (χ4v) is 1.04. The van der Waals surface area contributed by atoms with Gasteiger partial charge in [0.2, 0.25) is 0 Å². The quantitative estimate of drug-likeness (QED) is 0.480. The van der Waals surface area contributed by atoms with Crippen molar-refractivity contribution in [1.29, 1.82) is 0 Å². The van der Waals surface area contributed by atoms with Gasteiger partial charge in [-0.25, -0.2) is 0 Å². The van der Waals surface area contributed by atoms with Gasteiger partial charge in [-0.05, 0) is 19.3 Å². The first-order valence-corrected chi connectivity index (χ1v) is 4.14. The third-order valence-electron chi connectivity index (χ3n) is 1.44. The molecule has 1 atom stereocenters. The summed E-state index contributed by atoms with van der Waals surface area (Å²) in [6.45, 7) is 8.39. The lowest BCUT2D eigenvalue weighted by Gasteiger charge is -2.07. The van der Waals surface area contributed by atoms with Crippen LogP contribution >= 0.6 is 0 Å². The molecule has 0 amide bonds. The average molecular weight is 138 g/mol. The molecule has 0 spiro atoms. The molecule has 0 aromatic heterocycles. The first-order valence-electron chi connectivity index (χ1n) is 4.14. The first-order chi connectivity index (χ1) is 4.79. The summed E-state index contributed by atoms with van der Waals surface area (Å²) in [4.78, 5) is 0. The van der Waals surface area contributed by atoms with Crippen molar-refractivity contribution in [2.24, 2.45) is 5.92 Å². The lowest BCUT2D eigenvalue weighted by Crippen LogP contribution is -1.91. The zero-order valence-electron chi connectivity index (χ0n) is 7.52. The van der Waals surface area contributed by atoms with Crippen LogP contribution in [0.1, 0.15) is 34.1 Å². The topological polar surface area (TPSA) is 0 Å². The van der Waals surface area contributed by atoms with E-state index in [1.807, 2.05) is 13.8 Å². The molecule has 0 radical (unpaired) electrons. The Morgan fingerprint density at radius 3 is 2.30 bits per heavy atom. The summed E-state index contributed by atoms with van der Waals surface area (Å²) < 4.78 is 0. The van der Waals surface area contributed by atoms with E-state index in [2.05, 4.69) is 32.1 Å². The smallest absolute Gasteiger partial charge is 0.0222 e. The van der Waals surface area contributed by atoms with Crippen LogP contribution < -0.4 is 0 Å². The van der Waals surface area contributed by atoms with Crippen LogP contribution in [0.15, 0.2) is 23.8 Å². The van der Waals surface area contributed by atoms with Crippen molar-refractivity contribution >= 4 is 0 Å². The summed E-state index contributed by atoms with van der Waals surface area (Å²) in [6, 6.07) is 0. The molecule has 0 aromatic carbocycles. The SMILES string of the molecule is CC.CC1=CC(C)CC=C1. The van der Waals surface area contributed by atoms with E-state index >= 15 is 0 Å². The zero-order chi connectivity index (χ0) is 7.98. The molecular weight excluding hydrogens is 120 g/mol. The van der Waals surface area contributed by atoms with Gasteiger partial charge in [0, 0.05) is 0 Å². The molecule has 0 heteroatoms. The summed E-state index contributed by atoms with van der Waals surface area (Å²) >= 11 is 0. The maximum absolute atomic E-state index is 2.31. The summed E-state index contributed by atoms with van der Waals surface area (Å²) in [5.41, 5.74) is 1.41. The van der Waals surface area contributed by atoms with Crippen LogP contribution in [0.2, 0.25) is 0 Å². The Kier molecular flexibility index (Phi) is 5.00. The third-order valence-corrected chi connectivity index (χ3v) is 1.44. The second-order valence-electron chi connectivity index (χ2n) is 2.53. The maximum atomic E-state index is 2.31. The van der Waals surface area contributed by atoms with Gasteiger partial charge >= 0.3 is 0 Å².